The molecule has 0 aliphatic heterocycles. The first-order valence-electron chi connectivity index (χ1n) is 6.98. The molecule has 1 aromatic heterocycles. The Labute approximate surface area is 146 Å². The van der Waals surface area contributed by atoms with Crippen molar-refractivity contribution >= 4 is 27.5 Å². The Morgan fingerprint density at radius 2 is 1.96 bits per heavy atom. The van der Waals surface area contributed by atoms with Crippen molar-refractivity contribution in [1.29, 1.82) is 5.26 Å². The molecule has 1 amide bonds. The number of anilines is 1. The van der Waals surface area contributed by atoms with Crippen molar-refractivity contribution in [3.63, 3.8) is 0 Å². The maximum atomic E-state index is 12.1. The first kappa shape index (κ1) is 15.8. The molecule has 0 radical (unpaired) electrons. The quantitative estimate of drug-likeness (QED) is 0.747. The minimum absolute atomic E-state index is 0.0940. The number of nitrogens with zero attached hydrogens (tertiary/aromatic N) is 5. The number of hydrogen-bond acceptors (Lipinski definition) is 5. The Kier molecular flexibility index (Phi) is 4.63. The summed E-state index contributed by atoms with van der Waals surface area (Å²) in [7, 11) is 0. The Bertz CT molecular complexity index is 913. The van der Waals surface area contributed by atoms with Gasteiger partial charge in [-0.3, -0.25) is 4.79 Å². The predicted octanol–water partition coefficient (Wildman–Crippen LogP) is 2.61. The van der Waals surface area contributed by atoms with Crippen LogP contribution in [0.15, 0.2) is 53.0 Å². The topological polar surface area (TPSA) is 96.5 Å². The molecule has 1 heterocycles. The lowest BCUT2D eigenvalue weighted by Gasteiger charge is -2.05. The molecule has 7 nitrogen and oxygen atoms in total. The summed E-state index contributed by atoms with van der Waals surface area (Å²) in [5, 5.41) is 23.7. The maximum absolute atomic E-state index is 12.1. The van der Waals surface area contributed by atoms with Crippen LogP contribution in [0.2, 0.25) is 0 Å². The summed E-state index contributed by atoms with van der Waals surface area (Å²) in [5.41, 5.74) is 1.66. The smallest absolute Gasteiger partial charge is 0.248 e. The zero-order chi connectivity index (χ0) is 16.9. The van der Waals surface area contributed by atoms with Crippen LogP contribution in [-0.2, 0) is 11.3 Å². The van der Waals surface area contributed by atoms with Crippen LogP contribution in [0.25, 0.3) is 11.4 Å². The summed E-state index contributed by atoms with van der Waals surface area (Å²) in [6, 6.07) is 16.3. The lowest BCUT2D eigenvalue weighted by molar-refractivity contribution is -0.117. The van der Waals surface area contributed by atoms with Crippen molar-refractivity contribution in [2.45, 2.75) is 6.54 Å². The lowest BCUT2D eigenvalue weighted by Crippen LogP contribution is -2.21. The van der Waals surface area contributed by atoms with Crippen LogP contribution in [0.5, 0.6) is 0 Å². The summed E-state index contributed by atoms with van der Waals surface area (Å²) in [6.07, 6.45) is 0. The third kappa shape index (κ3) is 3.64. The van der Waals surface area contributed by atoms with Crippen LogP contribution >= 0.6 is 15.9 Å². The lowest BCUT2D eigenvalue weighted by atomic mass is 10.2. The minimum Gasteiger partial charge on any atom is -0.323 e. The van der Waals surface area contributed by atoms with Gasteiger partial charge in [0.2, 0.25) is 11.7 Å². The predicted molar refractivity (Wildman–Crippen MR) is 90.7 cm³/mol. The average molecular weight is 383 g/mol. The van der Waals surface area contributed by atoms with Gasteiger partial charge in [-0.15, -0.1) is 10.2 Å². The largest absolute Gasteiger partial charge is 0.323 e. The van der Waals surface area contributed by atoms with E-state index in [0.29, 0.717) is 17.1 Å². The van der Waals surface area contributed by atoms with E-state index in [0.717, 1.165) is 10.0 Å². The highest BCUT2D eigenvalue weighted by atomic mass is 79.9. The van der Waals surface area contributed by atoms with Crippen LogP contribution in [-0.4, -0.2) is 26.1 Å². The molecular weight excluding hydrogens is 372 g/mol. The molecule has 0 fully saturated rings. The molecule has 0 saturated carbocycles. The number of hydrogen-bond donors (Lipinski definition) is 1. The molecular formula is C16H11BrN6O. The maximum Gasteiger partial charge on any atom is 0.248 e. The molecule has 0 unspecified atom stereocenters. The van der Waals surface area contributed by atoms with Crippen LogP contribution in [0.3, 0.4) is 0 Å². The van der Waals surface area contributed by atoms with Gasteiger partial charge in [0.15, 0.2) is 0 Å². The number of tetrazole rings is 1. The Balaban J connectivity index is 1.69. The van der Waals surface area contributed by atoms with Crippen molar-refractivity contribution in [2.75, 3.05) is 5.32 Å². The van der Waals surface area contributed by atoms with E-state index in [4.69, 9.17) is 5.26 Å². The molecule has 0 spiro atoms. The Morgan fingerprint density at radius 3 is 2.71 bits per heavy atom. The number of amides is 1. The summed E-state index contributed by atoms with van der Waals surface area (Å²) in [6.45, 7) is -0.0940. The molecule has 0 saturated heterocycles. The summed E-state index contributed by atoms with van der Waals surface area (Å²) >= 11 is 3.36. The van der Waals surface area contributed by atoms with E-state index in [1.807, 2.05) is 30.3 Å². The Morgan fingerprint density at radius 1 is 1.21 bits per heavy atom. The number of carbonyl (C=O) groups is 1. The number of rotatable bonds is 4. The fourth-order valence-corrected chi connectivity index (χ4v) is 2.30. The third-order valence-corrected chi connectivity index (χ3v) is 3.69. The van der Waals surface area contributed by atoms with Gasteiger partial charge in [0.05, 0.1) is 11.3 Å². The normalized spacial score (nSPS) is 10.2. The number of benzene rings is 2. The fraction of sp³-hybridized carbons (Fsp3) is 0.0625. The average Bonchev–Trinajstić information content (AvgIpc) is 3.04. The first-order valence-corrected chi connectivity index (χ1v) is 7.78. The highest BCUT2D eigenvalue weighted by molar-refractivity contribution is 9.10. The number of carbonyl (C=O) groups excluding carboxylic acids is 1. The number of nitriles is 1. The van der Waals surface area contributed by atoms with Crippen LogP contribution in [0, 0.1) is 11.3 Å². The van der Waals surface area contributed by atoms with E-state index in [9.17, 15) is 4.79 Å². The third-order valence-electron chi connectivity index (χ3n) is 3.16. The first-order chi connectivity index (χ1) is 11.7. The zero-order valence-corrected chi connectivity index (χ0v) is 13.9. The minimum atomic E-state index is -0.336. The SMILES string of the molecule is N#Cc1ccccc1NC(=O)Cn1nnc(-c2ccc(Br)cc2)n1. The molecule has 2 aromatic carbocycles. The fourth-order valence-electron chi connectivity index (χ4n) is 2.03. The second-order valence-electron chi connectivity index (χ2n) is 4.86. The second-order valence-corrected chi connectivity index (χ2v) is 5.77. The van der Waals surface area contributed by atoms with E-state index in [1.54, 1.807) is 24.3 Å². The number of para-hydroxylation sites is 1. The summed E-state index contributed by atoms with van der Waals surface area (Å²) < 4.78 is 0.953. The van der Waals surface area contributed by atoms with Gasteiger partial charge in [-0.05, 0) is 41.6 Å². The van der Waals surface area contributed by atoms with E-state index in [-0.39, 0.29) is 12.5 Å². The van der Waals surface area contributed by atoms with E-state index < -0.39 is 0 Å². The van der Waals surface area contributed by atoms with Crippen LogP contribution in [0.4, 0.5) is 5.69 Å². The van der Waals surface area contributed by atoms with Crippen LogP contribution < -0.4 is 5.32 Å². The summed E-state index contributed by atoms with van der Waals surface area (Å²) in [4.78, 5) is 13.3. The van der Waals surface area contributed by atoms with Crippen molar-refractivity contribution in [3.05, 3.63) is 58.6 Å². The Hall–Kier alpha value is -3.05. The van der Waals surface area contributed by atoms with Gasteiger partial charge in [-0.25, -0.2) is 0 Å². The highest BCUT2D eigenvalue weighted by Gasteiger charge is 2.11. The molecule has 1 N–H and O–H groups in total. The monoisotopic (exact) mass is 382 g/mol. The van der Waals surface area contributed by atoms with Gasteiger partial charge in [-0.2, -0.15) is 10.1 Å². The van der Waals surface area contributed by atoms with E-state index in [1.165, 1.54) is 4.80 Å². The molecule has 3 rings (SSSR count). The van der Waals surface area contributed by atoms with Crippen LogP contribution in [0.1, 0.15) is 5.56 Å². The van der Waals surface area contributed by atoms with Gasteiger partial charge in [0.1, 0.15) is 12.6 Å². The number of nitrogens with one attached hydrogen (secondary N) is 1. The second kappa shape index (κ2) is 7.02. The summed E-state index contributed by atoms with van der Waals surface area (Å²) in [5.74, 6) is 0.102. The van der Waals surface area contributed by atoms with Gasteiger partial charge in [0.25, 0.3) is 0 Å². The number of halogens is 1. The highest BCUT2D eigenvalue weighted by Crippen LogP contribution is 2.17. The molecule has 24 heavy (non-hydrogen) atoms. The van der Waals surface area contributed by atoms with E-state index in [2.05, 4.69) is 36.7 Å². The molecule has 3 aromatic rings. The van der Waals surface area contributed by atoms with Gasteiger partial charge >= 0.3 is 0 Å². The van der Waals surface area contributed by atoms with E-state index >= 15 is 0 Å². The van der Waals surface area contributed by atoms with Gasteiger partial charge < -0.3 is 5.32 Å². The molecule has 8 heteroatoms. The zero-order valence-electron chi connectivity index (χ0n) is 12.3. The van der Waals surface area contributed by atoms with Crippen molar-refractivity contribution in [1.82, 2.24) is 20.2 Å². The van der Waals surface area contributed by atoms with Gasteiger partial charge in [0, 0.05) is 10.0 Å². The molecule has 118 valence electrons. The molecule has 0 bridgehead atoms. The van der Waals surface area contributed by atoms with Crippen molar-refractivity contribution in [2.24, 2.45) is 0 Å². The van der Waals surface area contributed by atoms with Crippen molar-refractivity contribution < 1.29 is 4.79 Å². The molecule has 0 aliphatic rings. The van der Waals surface area contributed by atoms with Gasteiger partial charge in [-0.1, -0.05) is 28.1 Å². The standard InChI is InChI=1S/C16H11BrN6O/c17-13-7-5-11(6-8-13)16-20-22-23(21-16)10-15(24)19-14-4-2-1-3-12(14)9-18/h1-8H,10H2,(H,19,24). The van der Waals surface area contributed by atoms with Crippen molar-refractivity contribution in [3.8, 4) is 17.5 Å². The molecule has 0 atom stereocenters. The molecule has 0 aliphatic carbocycles. The number of aromatic nitrogens is 4.